The highest BCUT2D eigenvalue weighted by Crippen LogP contribution is 2.31. The van der Waals surface area contributed by atoms with Crippen LogP contribution in [0, 0.1) is 6.92 Å². The van der Waals surface area contributed by atoms with Gasteiger partial charge in [0.25, 0.3) is 0 Å². The van der Waals surface area contributed by atoms with E-state index in [1.165, 1.54) is 12.1 Å². The summed E-state index contributed by atoms with van der Waals surface area (Å²) in [6, 6.07) is 5.54. The molecule has 0 saturated carbocycles. The number of halogens is 3. The Labute approximate surface area is 114 Å². The zero-order valence-corrected chi connectivity index (χ0v) is 10.9. The van der Waals surface area contributed by atoms with Crippen LogP contribution in [-0.2, 0) is 19.3 Å². The van der Waals surface area contributed by atoms with Crippen LogP contribution in [0.2, 0.25) is 0 Å². The fourth-order valence-corrected chi connectivity index (χ4v) is 1.79. The molecule has 2 rings (SSSR count). The smallest absolute Gasteiger partial charge is 0.307 e. The minimum absolute atomic E-state index is 0.130. The normalized spacial score (nSPS) is 11.6. The molecule has 20 heavy (non-hydrogen) atoms. The summed E-state index contributed by atoms with van der Waals surface area (Å²) in [5.41, 5.74) is 1.11. The van der Waals surface area contributed by atoms with Gasteiger partial charge in [-0.15, -0.1) is 0 Å². The van der Waals surface area contributed by atoms with E-state index >= 15 is 0 Å². The molecule has 0 aliphatic heterocycles. The number of nitrogens with zero attached hydrogens (tertiary/aromatic N) is 2. The molecule has 0 bridgehead atoms. The Balaban J connectivity index is 1.99. The van der Waals surface area contributed by atoms with E-state index in [4.69, 9.17) is 0 Å². The third-order valence-electron chi connectivity index (χ3n) is 2.78. The average molecular weight is 281 g/mol. The predicted molar refractivity (Wildman–Crippen MR) is 68.8 cm³/mol. The summed E-state index contributed by atoms with van der Waals surface area (Å²) in [4.78, 5) is 8.21. The lowest BCUT2D eigenvalue weighted by atomic mass is 10.1. The zero-order chi connectivity index (χ0) is 14.6. The molecule has 0 amide bonds. The maximum atomic E-state index is 12.8. The van der Waals surface area contributed by atoms with Crippen LogP contribution in [0.25, 0.3) is 0 Å². The molecular weight excluding hydrogens is 267 g/mol. The van der Waals surface area contributed by atoms with E-state index in [0.717, 1.165) is 11.8 Å². The summed E-state index contributed by atoms with van der Waals surface area (Å²) in [6.45, 7) is 2.33. The van der Waals surface area contributed by atoms with Crippen LogP contribution in [0.4, 0.5) is 13.2 Å². The van der Waals surface area contributed by atoms with E-state index in [9.17, 15) is 13.2 Å². The van der Waals surface area contributed by atoms with Crippen molar-refractivity contribution in [2.24, 2.45) is 0 Å². The van der Waals surface area contributed by atoms with Gasteiger partial charge < -0.3 is 5.32 Å². The third kappa shape index (κ3) is 3.77. The van der Waals surface area contributed by atoms with Gasteiger partial charge in [-0.25, -0.2) is 0 Å². The summed E-state index contributed by atoms with van der Waals surface area (Å²) in [5.74, 6) is 0. The minimum Gasteiger partial charge on any atom is -0.307 e. The quantitative estimate of drug-likeness (QED) is 0.935. The van der Waals surface area contributed by atoms with Crippen molar-refractivity contribution in [1.82, 2.24) is 15.3 Å². The summed E-state index contributed by atoms with van der Waals surface area (Å²) in [5, 5.41) is 2.95. The summed E-state index contributed by atoms with van der Waals surface area (Å²) < 4.78 is 38.4. The third-order valence-corrected chi connectivity index (χ3v) is 2.78. The van der Waals surface area contributed by atoms with Gasteiger partial charge in [-0.2, -0.15) is 13.2 Å². The van der Waals surface area contributed by atoms with E-state index in [0.29, 0.717) is 12.2 Å². The van der Waals surface area contributed by atoms with E-state index in [2.05, 4.69) is 15.3 Å². The molecule has 1 N–H and O–H groups in total. The maximum Gasteiger partial charge on any atom is 0.416 e. The number of hydrogen-bond donors (Lipinski definition) is 1. The Hall–Kier alpha value is -1.95. The second kappa shape index (κ2) is 6.00. The Bertz CT molecular complexity index is 565. The second-order valence-corrected chi connectivity index (χ2v) is 4.41. The molecule has 0 radical (unpaired) electrons. The molecule has 1 heterocycles. The first-order chi connectivity index (χ1) is 9.47. The van der Waals surface area contributed by atoms with Gasteiger partial charge in [-0.1, -0.05) is 18.2 Å². The molecule has 106 valence electrons. The lowest BCUT2D eigenvalue weighted by Crippen LogP contribution is -2.17. The van der Waals surface area contributed by atoms with Crippen molar-refractivity contribution in [3.63, 3.8) is 0 Å². The molecule has 0 saturated heterocycles. The number of aryl methyl sites for hydroxylation is 1. The van der Waals surface area contributed by atoms with Crippen LogP contribution in [0.3, 0.4) is 0 Å². The van der Waals surface area contributed by atoms with Gasteiger partial charge in [-0.05, 0) is 18.6 Å². The van der Waals surface area contributed by atoms with Gasteiger partial charge in [0, 0.05) is 25.5 Å². The summed E-state index contributed by atoms with van der Waals surface area (Å²) in [6.07, 6.45) is -1.10. The SMILES string of the molecule is Cc1cnc(CNCc2ccccc2C(F)(F)F)cn1. The van der Waals surface area contributed by atoms with Crippen LogP contribution in [-0.4, -0.2) is 9.97 Å². The molecular formula is C14H14F3N3. The number of benzene rings is 1. The molecule has 0 aliphatic rings. The number of nitrogens with one attached hydrogen (secondary N) is 1. The fraction of sp³-hybridized carbons (Fsp3) is 0.286. The number of aromatic nitrogens is 2. The van der Waals surface area contributed by atoms with Crippen LogP contribution < -0.4 is 5.32 Å². The van der Waals surface area contributed by atoms with E-state index in [1.807, 2.05) is 6.92 Å². The van der Waals surface area contributed by atoms with Gasteiger partial charge in [0.2, 0.25) is 0 Å². The first-order valence-electron chi connectivity index (χ1n) is 6.10. The highest BCUT2D eigenvalue weighted by Gasteiger charge is 2.32. The van der Waals surface area contributed by atoms with Crippen molar-refractivity contribution in [2.75, 3.05) is 0 Å². The van der Waals surface area contributed by atoms with E-state index < -0.39 is 11.7 Å². The molecule has 2 aromatic rings. The Morgan fingerprint density at radius 1 is 1.05 bits per heavy atom. The van der Waals surface area contributed by atoms with Crippen molar-refractivity contribution < 1.29 is 13.2 Å². The fourth-order valence-electron chi connectivity index (χ4n) is 1.79. The highest BCUT2D eigenvalue weighted by atomic mass is 19.4. The Morgan fingerprint density at radius 2 is 1.80 bits per heavy atom. The average Bonchev–Trinajstić information content (AvgIpc) is 2.40. The van der Waals surface area contributed by atoms with Crippen molar-refractivity contribution in [3.05, 3.63) is 59.2 Å². The maximum absolute atomic E-state index is 12.8. The molecule has 1 aromatic heterocycles. The van der Waals surface area contributed by atoms with Crippen molar-refractivity contribution in [1.29, 1.82) is 0 Å². The van der Waals surface area contributed by atoms with Crippen molar-refractivity contribution in [3.8, 4) is 0 Å². The molecule has 0 fully saturated rings. The molecule has 6 heteroatoms. The molecule has 0 aliphatic carbocycles. The first kappa shape index (κ1) is 14.5. The van der Waals surface area contributed by atoms with Gasteiger partial charge in [-0.3, -0.25) is 9.97 Å². The monoisotopic (exact) mass is 281 g/mol. The zero-order valence-electron chi connectivity index (χ0n) is 10.9. The molecule has 0 unspecified atom stereocenters. The van der Waals surface area contributed by atoms with Crippen LogP contribution >= 0.6 is 0 Å². The molecule has 0 spiro atoms. The van der Waals surface area contributed by atoms with Gasteiger partial charge in [0.1, 0.15) is 0 Å². The minimum atomic E-state index is -4.33. The van der Waals surface area contributed by atoms with E-state index in [1.54, 1.807) is 18.5 Å². The van der Waals surface area contributed by atoms with Gasteiger partial charge in [0.15, 0.2) is 0 Å². The molecule has 3 nitrogen and oxygen atoms in total. The van der Waals surface area contributed by atoms with Crippen molar-refractivity contribution >= 4 is 0 Å². The second-order valence-electron chi connectivity index (χ2n) is 4.41. The van der Waals surface area contributed by atoms with Gasteiger partial charge >= 0.3 is 6.18 Å². The molecule has 0 atom stereocenters. The highest BCUT2D eigenvalue weighted by molar-refractivity contribution is 5.29. The lowest BCUT2D eigenvalue weighted by Gasteiger charge is -2.13. The topological polar surface area (TPSA) is 37.8 Å². The summed E-state index contributed by atoms with van der Waals surface area (Å²) >= 11 is 0. The Kier molecular flexibility index (Phi) is 4.34. The van der Waals surface area contributed by atoms with Crippen LogP contribution in [0.1, 0.15) is 22.5 Å². The summed E-state index contributed by atoms with van der Waals surface area (Å²) in [7, 11) is 0. The number of alkyl halides is 3. The molecule has 1 aromatic carbocycles. The predicted octanol–water partition coefficient (Wildman–Crippen LogP) is 3.09. The number of hydrogen-bond acceptors (Lipinski definition) is 3. The largest absolute Gasteiger partial charge is 0.416 e. The Morgan fingerprint density at radius 3 is 2.45 bits per heavy atom. The van der Waals surface area contributed by atoms with Crippen molar-refractivity contribution in [2.45, 2.75) is 26.2 Å². The first-order valence-corrected chi connectivity index (χ1v) is 6.10. The van der Waals surface area contributed by atoms with Crippen LogP contribution in [0.15, 0.2) is 36.7 Å². The number of rotatable bonds is 4. The van der Waals surface area contributed by atoms with Gasteiger partial charge in [0.05, 0.1) is 17.0 Å². The standard InChI is InChI=1S/C14H14F3N3/c1-10-6-20-12(9-19-10)8-18-7-11-4-2-3-5-13(11)14(15,16)17/h2-6,9,18H,7-8H2,1H3. The van der Waals surface area contributed by atoms with E-state index in [-0.39, 0.29) is 12.1 Å². The lowest BCUT2D eigenvalue weighted by molar-refractivity contribution is -0.138. The van der Waals surface area contributed by atoms with Crippen LogP contribution in [0.5, 0.6) is 0 Å².